The molecule has 1 aliphatic rings. The third-order valence-corrected chi connectivity index (χ3v) is 3.49. The van der Waals surface area contributed by atoms with E-state index in [0.717, 1.165) is 24.1 Å². The van der Waals surface area contributed by atoms with Crippen molar-refractivity contribution in [1.29, 1.82) is 5.26 Å². The van der Waals surface area contributed by atoms with E-state index in [1.807, 2.05) is 17.0 Å². The van der Waals surface area contributed by atoms with Gasteiger partial charge in [-0.3, -0.25) is 10.1 Å². The van der Waals surface area contributed by atoms with E-state index in [1.54, 1.807) is 12.3 Å². The third-order valence-electron chi connectivity index (χ3n) is 3.49. The number of fused-ring (bicyclic) bond motifs is 1. The molecule has 2 aromatic rings. The van der Waals surface area contributed by atoms with Crippen LogP contribution in [0, 0.1) is 21.4 Å². The van der Waals surface area contributed by atoms with Gasteiger partial charge in [-0.25, -0.2) is 9.97 Å². The number of nitriles is 1. The van der Waals surface area contributed by atoms with E-state index < -0.39 is 0 Å². The van der Waals surface area contributed by atoms with Crippen LogP contribution >= 0.6 is 0 Å². The molecule has 104 valence electrons. The number of rotatable bonds is 2. The molecule has 0 N–H and O–H groups in total. The molecule has 1 aromatic carbocycles. The van der Waals surface area contributed by atoms with Crippen molar-refractivity contribution in [2.45, 2.75) is 13.0 Å². The fourth-order valence-electron chi connectivity index (χ4n) is 2.39. The van der Waals surface area contributed by atoms with Gasteiger partial charge in [-0.05, 0) is 17.5 Å². The summed E-state index contributed by atoms with van der Waals surface area (Å²) in [6, 6.07) is 6.89. The van der Waals surface area contributed by atoms with E-state index in [9.17, 15) is 10.1 Å². The Morgan fingerprint density at radius 1 is 1.29 bits per heavy atom. The molecule has 0 atom stereocenters. The highest BCUT2D eigenvalue weighted by Gasteiger charge is 2.20. The zero-order valence-corrected chi connectivity index (χ0v) is 11.1. The second-order valence-corrected chi connectivity index (χ2v) is 4.75. The average Bonchev–Trinajstić information content (AvgIpc) is 2.54. The van der Waals surface area contributed by atoms with Crippen LogP contribution < -0.4 is 4.90 Å². The first-order chi connectivity index (χ1) is 10.2. The number of nitro benzene ring substituents is 1. The summed E-state index contributed by atoms with van der Waals surface area (Å²) in [5, 5.41) is 19.6. The lowest BCUT2D eigenvalue weighted by atomic mass is 9.99. The second-order valence-electron chi connectivity index (χ2n) is 4.75. The molecule has 0 spiro atoms. The number of hydrogen-bond acceptors (Lipinski definition) is 6. The fraction of sp³-hybridized carbons (Fsp3) is 0.214. The summed E-state index contributed by atoms with van der Waals surface area (Å²) in [7, 11) is 0. The average molecular weight is 281 g/mol. The van der Waals surface area contributed by atoms with Crippen molar-refractivity contribution < 1.29 is 4.92 Å². The van der Waals surface area contributed by atoms with Crippen molar-refractivity contribution in [3.63, 3.8) is 0 Å². The first-order valence-corrected chi connectivity index (χ1v) is 6.40. The van der Waals surface area contributed by atoms with Gasteiger partial charge in [-0.1, -0.05) is 6.07 Å². The Labute approximate surface area is 120 Å². The molecule has 0 amide bonds. The van der Waals surface area contributed by atoms with E-state index in [0.29, 0.717) is 12.4 Å². The van der Waals surface area contributed by atoms with Gasteiger partial charge < -0.3 is 4.90 Å². The van der Waals surface area contributed by atoms with Gasteiger partial charge >= 0.3 is 0 Å². The van der Waals surface area contributed by atoms with E-state index in [4.69, 9.17) is 5.26 Å². The number of non-ortho nitro benzene ring substituents is 1. The molecule has 21 heavy (non-hydrogen) atoms. The SMILES string of the molecule is N#Cc1cnc(N2CCc3ccc([N+](=O)[O-])cc3C2)cn1. The van der Waals surface area contributed by atoms with E-state index in [2.05, 4.69) is 9.97 Å². The molecule has 7 nitrogen and oxygen atoms in total. The predicted octanol–water partition coefficient (Wildman–Crippen LogP) is 1.82. The highest BCUT2D eigenvalue weighted by atomic mass is 16.6. The zero-order chi connectivity index (χ0) is 14.8. The highest BCUT2D eigenvalue weighted by Crippen LogP contribution is 2.26. The first kappa shape index (κ1) is 13.0. The summed E-state index contributed by atoms with van der Waals surface area (Å²) in [6.07, 6.45) is 3.79. The van der Waals surface area contributed by atoms with Gasteiger partial charge in [-0.15, -0.1) is 0 Å². The minimum absolute atomic E-state index is 0.0986. The van der Waals surface area contributed by atoms with Crippen molar-refractivity contribution in [2.75, 3.05) is 11.4 Å². The molecule has 7 heteroatoms. The summed E-state index contributed by atoms with van der Waals surface area (Å²) >= 11 is 0. The third kappa shape index (κ3) is 2.51. The van der Waals surface area contributed by atoms with Crippen molar-refractivity contribution >= 4 is 11.5 Å². The van der Waals surface area contributed by atoms with Crippen molar-refractivity contribution in [2.24, 2.45) is 0 Å². The van der Waals surface area contributed by atoms with Crippen LogP contribution in [0.2, 0.25) is 0 Å². The zero-order valence-electron chi connectivity index (χ0n) is 11.1. The minimum Gasteiger partial charge on any atom is -0.351 e. The van der Waals surface area contributed by atoms with Gasteiger partial charge in [0, 0.05) is 25.2 Å². The molecule has 0 aliphatic carbocycles. The van der Waals surface area contributed by atoms with Gasteiger partial charge in [-0.2, -0.15) is 5.26 Å². The fourth-order valence-corrected chi connectivity index (χ4v) is 2.39. The molecule has 2 heterocycles. The Hall–Kier alpha value is -3.01. The Morgan fingerprint density at radius 3 is 2.81 bits per heavy atom. The van der Waals surface area contributed by atoms with Gasteiger partial charge in [0.05, 0.1) is 17.3 Å². The number of nitro groups is 1. The van der Waals surface area contributed by atoms with Crippen LogP contribution in [0.25, 0.3) is 0 Å². The molecule has 1 aliphatic heterocycles. The van der Waals surface area contributed by atoms with Crippen LogP contribution in [-0.2, 0) is 13.0 Å². The number of hydrogen-bond donors (Lipinski definition) is 0. The lowest BCUT2D eigenvalue weighted by Crippen LogP contribution is -2.31. The van der Waals surface area contributed by atoms with Crippen LogP contribution in [0.3, 0.4) is 0 Å². The van der Waals surface area contributed by atoms with Gasteiger partial charge in [0.1, 0.15) is 11.9 Å². The summed E-state index contributed by atoms with van der Waals surface area (Å²) in [4.78, 5) is 20.7. The maximum absolute atomic E-state index is 10.8. The second kappa shape index (κ2) is 5.17. The van der Waals surface area contributed by atoms with Crippen LogP contribution in [0.1, 0.15) is 16.8 Å². The Morgan fingerprint density at radius 2 is 2.14 bits per heavy atom. The number of anilines is 1. The topological polar surface area (TPSA) is 96.0 Å². The van der Waals surface area contributed by atoms with Crippen molar-refractivity contribution in [3.8, 4) is 6.07 Å². The predicted molar refractivity (Wildman–Crippen MR) is 74.6 cm³/mol. The van der Waals surface area contributed by atoms with Crippen LogP contribution in [0.4, 0.5) is 11.5 Å². The lowest BCUT2D eigenvalue weighted by molar-refractivity contribution is -0.384. The van der Waals surface area contributed by atoms with Crippen LogP contribution in [-0.4, -0.2) is 21.4 Å². The van der Waals surface area contributed by atoms with Crippen LogP contribution in [0.5, 0.6) is 0 Å². The standard InChI is InChI=1S/C14H11N5O2/c15-6-12-7-17-14(8-16-12)18-4-3-10-1-2-13(19(20)21)5-11(10)9-18/h1-2,5,7-8H,3-4,9H2. The largest absolute Gasteiger partial charge is 0.351 e. The summed E-state index contributed by atoms with van der Waals surface area (Å²) in [5.41, 5.74) is 2.42. The minimum atomic E-state index is -0.388. The van der Waals surface area contributed by atoms with E-state index >= 15 is 0 Å². The number of nitrogens with zero attached hydrogens (tertiary/aromatic N) is 5. The first-order valence-electron chi connectivity index (χ1n) is 6.40. The Kier molecular flexibility index (Phi) is 3.20. The lowest BCUT2D eigenvalue weighted by Gasteiger charge is -2.29. The molecule has 0 fully saturated rings. The molecule has 3 rings (SSSR count). The van der Waals surface area contributed by atoms with E-state index in [-0.39, 0.29) is 16.3 Å². The molecule has 0 saturated carbocycles. The number of aromatic nitrogens is 2. The summed E-state index contributed by atoms with van der Waals surface area (Å²) in [6.45, 7) is 1.32. The molecule has 0 radical (unpaired) electrons. The van der Waals surface area contributed by atoms with Crippen molar-refractivity contribution in [3.05, 3.63) is 57.5 Å². The molecular weight excluding hydrogens is 270 g/mol. The quantitative estimate of drug-likeness (QED) is 0.615. The number of benzene rings is 1. The normalized spacial score (nSPS) is 13.4. The molecule has 0 saturated heterocycles. The van der Waals surface area contributed by atoms with Crippen molar-refractivity contribution in [1.82, 2.24) is 9.97 Å². The molecular formula is C14H11N5O2. The Bertz CT molecular complexity index is 736. The summed E-state index contributed by atoms with van der Waals surface area (Å²) < 4.78 is 0. The molecule has 1 aromatic heterocycles. The smallest absolute Gasteiger partial charge is 0.269 e. The summed E-state index contributed by atoms with van der Waals surface area (Å²) in [5.74, 6) is 0.672. The van der Waals surface area contributed by atoms with Gasteiger partial charge in [0.25, 0.3) is 5.69 Å². The van der Waals surface area contributed by atoms with Gasteiger partial charge in [0.2, 0.25) is 0 Å². The maximum Gasteiger partial charge on any atom is 0.269 e. The van der Waals surface area contributed by atoms with E-state index in [1.165, 1.54) is 12.3 Å². The molecule has 0 bridgehead atoms. The highest BCUT2D eigenvalue weighted by molar-refractivity contribution is 5.47. The molecule has 0 unspecified atom stereocenters. The van der Waals surface area contributed by atoms with Gasteiger partial charge in [0.15, 0.2) is 5.69 Å². The monoisotopic (exact) mass is 281 g/mol. The Balaban J connectivity index is 1.87. The maximum atomic E-state index is 10.8. The van der Waals surface area contributed by atoms with Crippen LogP contribution in [0.15, 0.2) is 30.6 Å².